The summed E-state index contributed by atoms with van der Waals surface area (Å²) < 4.78 is 26.8. The Morgan fingerprint density at radius 1 is 1.29 bits per heavy atom. The number of ether oxygens (including phenoxy) is 1. The van der Waals surface area contributed by atoms with Gasteiger partial charge in [-0.15, -0.1) is 0 Å². The first-order valence-electron chi connectivity index (χ1n) is 6.63. The molecule has 0 aliphatic carbocycles. The molecule has 0 aliphatic heterocycles. The maximum absolute atomic E-state index is 10.6. The van der Waals surface area contributed by atoms with E-state index >= 15 is 0 Å². The largest absolute Gasteiger partial charge is 0.480 e. The predicted octanol–water partition coefficient (Wildman–Crippen LogP) is 1.31. The molecule has 1 heterocycles. The molecule has 1 aromatic heterocycles. The minimum absolute atomic E-state index is 0.0234. The van der Waals surface area contributed by atoms with E-state index in [1.807, 2.05) is 12.1 Å². The van der Waals surface area contributed by atoms with Crippen LogP contribution in [0, 0.1) is 22.7 Å². The summed E-state index contributed by atoms with van der Waals surface area (Å²) in [7, 11) is 1.36. The highest BCUT2D eigenvalue weighted by Crippen LogP contribution is 2.34. The Morgan fingerprint density at radius 2 is 1.92 bits per heavy atom. The van der Waals surface area contributed by atoms with Crippen molar-refractivity contribution in [1.82, 2.24) is 9.71 Å². The van der Waals surface area contributed by atoms with Crippen LogP contribution in [0.5, 0.6) is 5.88 Å². The summed E-state index contributed by atoms with van der Waals surface area (Å²) in [5.41, 5.74) is 7.68. The van der Waals surface area contributed by atoms with Gasteiger partial charge in [0.25, 0.3) is 0 Å². The molecule has 8 nitrogen and oxygen atoms in total. The molecule has 0 bridgehead atoms. The van der Waals surface area contributed by atoms with Crippen LogP contribution in [-0.2, 0) is 17.8 Å². The van der Waals surface area contributed by atoms with Crippen molar-refractivity contribution in [3.63, 3.8) is 0 Å². The van der Waals surface area contributed by atoms with E-state index in [-0.39, 0.29) is 29.4 Å². The van der Waals surface area contributed by atoms with Gasteiger partial charge >= 0.3 is 0 Å². The fourth-order valence-corrected chi connectivity index (χ4v) is 2.46. The fraction of sp³-hybridized carbons (Fsp3) is 0.133. The average Bonchev–Trinajstić information content (AvgIpc) is 2.59. The van der Waals surface area contributed by atoms with Gasteiger partial charge in [-0.25, -0.2) is 8.93 Å². The van der Waals surface area contributed by atoms with E-state index in [2.05, 4.69) is 9.71 Å². The summed E-state index contributed by atoms with van der Waals surface area (Å²) in [6.45, 7) is 0.196. The third kappa shape index (κ3) is 3.50. The van der Waals surface area contributed by atoms with Gasteiger partial charge in [0.1, 0.15) is 29.1 Å². The molecule has 0 amide bonds. The van der Waals surface area contributed by atoms with Crippen molar-refractivity contribution in [2.75, 3.05) is 12.8 Å². The van der Waals surface area contributed by atoms with Crippen molar-refractivity contribution >= 4 is 17.1 Å². The number of methoxy groups -OCH3 is 1. The van der Waals surface area contributed by atoms with Crippen LogP contribution in [0.3, 0.4) is 0 Å². The topological polar surface area (TPSA) is 145 Å². The van der Waals surface area contributed by atoms with E-state index in [1.165, 1.54) is 7.11 Å². The molecule has 0 saturated carbocycles. The van der Waals surface area contributed by atoms with Crippen LogP contribution >= 0.6 is 0 Å². The SMILES string of the molecule is COc1nc(N)c(C#N)c(-c2ccc(CNS(=O)O)cc2)c1C#N. The summed E-state index contributed by atoms with van der Waals surface area (Å²) in [6, 6.07) is 10.7. The molecule has 2 rings (SSSR count). The van der Waals surface area contributed by atoms with Crippen molar-refractivity contribution in [2.24, 2.45) is 0 Å². The van der Waals surface area contributed by atoms with Gasteiger partial charge in [0, 0.05) is 12.1 Å². The molecule has 0 radical (unpaired) electrons. The molecule has 9 heteroatoms. The number of nitrogens with zero attached hydrogens (tertiary/aromatic N) is 3. The molecule has 0 fully saturated rings. The minimum Gasteiger partial charge on any atom is -0.480 e. The Hall–Kier alpha value is -2.98. The first-order valence-corrected chi connectivity index (χ1v) is 7.73. The van der Waals surface area contributed by atoms with E-state index in [0.717, 1.165) is 5.56 Å². The molecular weight excluding hydrogens is 330 g/mol. The maximum atomic E-state index is 10.6. The number of pyridine rings is 1. The summed E-state index contributed by atoms with van der Waals surface area (Å²) >= 11 is -2.10. The van der Waals surface area contributed by atoms with Gasteiger partial charge in [0.05, 0.1) is 7.11 Å². The second-order valence-corrected chi connectivity index (χ2v) is 5.41. The molecule has 122 valence electrons. The number of anilines is 1. The van der Waals surface area contributed by atoms with Gasteiger partial charge in [0.2, 0.25) is 17.1 Å². The van der Waals surface area contributed by atoms with Crippen LogP contribution in [0.1, 0.15) is 16.7 Å². The van der Waals surface area contributed by atoms with E-state index in [1.54, 1.807) is 24.3 Å². The first-order chi connectivity index (χ1) is 11.5. The van der Waals surface area contributed by atoms with Crippen molar-refractivity contribution in [3.05, 3.63) is 41.0 Å². The maximum Gasteiger partial charge on any atom is 0.234 e. The number of rotatable bonds is 5. The van der Waals surface area contributed by atoms with Crippen molar-refractivity contribution < 1.29 is 13.5 Å². The summed E-state index contributed by atoms with van der Waals surface area (Å²) in [4.78, 5) is 3.92. The van der Waals surface area contributed by atoms with Gasteiger partial charge in [-0.1, -0.05) is 24.3 Å². The Morgan fingerprint density at radius 3 is 2.42 bits per heavy atom. The number of benzene rings is 1. The van der Waals surface area contributed by atoms with Crippen molar-refractivity contribution in [2.45, 2.75) is 6.54 Å². The predicted molar refractivity (Wildman–Crippen MR) is 87.7 cm³/mol. The zero-order valence-electron chi connectivity index (χ0n) is 12.6. The van der Waals surface area contributed by atoms with E-state index in [9.17, 15) is 14.7 Å². The van der Waals surface area contributed by atoms with Gasteiger partial charge in [0.15, 0.2) is 0 Å². The molecule has 4 N–H and O–H groups in total. The molecule has 0 saturated heterocycles. The zero-order chi connectivity index (χ0) is 17.7. The summed E-state index contributed by atoms with van der Waals surface area (Å²) in [6.07, 6.45) is 0. The zero-order valence-corrected chi connectivity index (χ0v) is 13.4. The van der Waals surface area contributed by atoms with Gasteiger partial charge < -0.3 is 10.5 Å². The molecule has 1 atom stereocenters. The highest BCUT2D eigenvalue weighted by Gasteiger charge is 2.20. The second-order valence-electron chi connectivity index (χ2n) is 4.62. The van der Waals surface area contributed by atoms with E-state index in [0.29, 0.717) is 11.1 Å². The number of nitriles is 2. The number of hydrogen-bond donors (Lipinski definition) is 3. The number of aromatic nitrogens is 1. The second kappa shape index (κ2) is 7.53. The third-order valence-electron chi connectivity index (χ3n) is 3.25. The van der Waals surface area contributed by atoms with Gasteiger partial charge in [-0.05, 0) is 11.1 Å². The monoisotopic (exact) mass is 343 g/mol. The van der Waals surface area contributed by atoms with Crippen LogP contribution < -0.4 is 15.2 Å². The van der Waals surface area contributed by atoms with Crippen LogP contribution in [0.25, 0.3) is 11.1 Å². The van der Waals surface area contributed by atoms with Crippen LogP contribution in [0.2, 0.25) is 0 Å². The van der Waals surface area contributed by atoms with Crippen LogP contribution in [-0.4, -0.2) is 20.9 Å². The Balaban J connectivity index is 2.55. The number of nitrogens with one attached hydrogen (secondary N) is 1. The Bertz CT molecular complexity index is 869. The lowest BCUT2D eigenvalue weighted by Crippen LogP contribution is -2.15. The smallest absolute Gasteiger partial charge is 0.234 e. The average molecular weight is 343 g/mol. The van der Waals surface area contributed by atoms with Crippen molar-refractivity contribution in [1.29, 1.82) is 10.5 Å². The lowest BCUT2D eigenvalue weighted by molar-refractivity contribution is 0.397. The van der Waals surface area contributed by atoms with Gasteiger partial charge in [-0.2, -0.15) is 15.5 Å². The molecule has 24 heavy (non-hydrogen) atoms. The molecular formula is C15H13N5O3S. The lowest BCUT2D eigenvalue weighted by Gasteiger charge is -2.12. The fourth-order valence-electron chi connectivity index (χ4n) is 2.17. The number of nitrogen functional groups attached to an aromatic ring is 1. The quantitative estimate of drug-likeness (QED) is 0.694. The van der Waals surface area contributed by atoms with Crippen LogP contribution in [0.15, 0.2) is 24.3 Å². The number of hydrogen-bond acceptors (Lipinski definition) is 6. The van der Waals surface area contributed by atoms with Crippen molar-refractivity contribution in [3.8, 4) is 29.1 Å². The highest BCUT2D eigenvalue weighted by molar-refractivity contribution is 7.77. The highest BCUT2D eigenvalue weighted by atomic mass is 32.2. The molecule has 0 aliphatic rings. The number of nitrogens with two attached hydrogens (primary N) is 1. The first kappa shape index (κ1) is 17.4. The van der Waals surface area contributed by atoms with Gasteiger partial charge in [-0.3, -0.25) is 4.55 Å². The minimum atomic E-state index is -2.10. The molecule has 2 aromatic rings. The Kier molecular flexibility index (Phi) is 5.45. The summed E-state index contributed by atoms with van der Waals surface area (Å²) in [5, 5.41) is 18.8. The van der Waals surface area contributed by atoms with E-state index < -0.39 is 11.3 Å². The molecule has 1 aromatic carbocycles. The Labute approximate surface area is 140 Å². The van der Waals surface area contributed by atoms with E-state index in [4.69, 9.17) is 15.0 Å². The molecule has 1 unspecified atom stereocenters. The summed E-state index contributed by atoms with van der Waals surface area (Å²) in [5.74, 6) is 0.0233. The molecule has 0 spiro atoms. The normalized spacial score (nSPS) is 11.3. The third-order valence-corrected chi connectivity index (χ3v) is 3.64. The lowest BCUT2D eigenvalue weighted by atomic mass is 9.95. The standard InChI is InChI=1S/C15H13N5O3S/c1-23-15-12(7-17)13(11(6-16)14(18)20-15)10-4-2-9(3-5-10)8-19-24(21)22/h2-5,19H,8H2,1H3,(H2,18,20)(H,21,22). The van der Waals surface area contributed by atoms with Crippen LogP contribution in [0.4, 0.5) is 5.82 Å².